The Hall–Kier alpha value is -1.94. The fourth-order valence-corrected chi connectivity index (χ4v) is 5.15. The van der Waals surface area contributed by atoms with Crippen LogP contribution in [0, 0.1) is 17.9 Å². The van der Waals surface area contributed by atoms with Gasteiger partial charge < -0.3 is 10.6 Å². The van der Waals surface area contributed by atoms with Gasteiger partial charge in [-0.1, -0.05) is 43.4 Å². The van der Waals surface area contributed by atoms with E-state index in [0.717, 1.165) is 16.5 Å². The maximum atomic E-state index is 11.8. The fourth-order valence-electron chi connectivity index (χ4n) is 3.90. The van der Waals surface area contributed by atoms with Crippen LogP contribution in [0.4, 0.5) is 17.2 Å². The van der Waals surface area contributed by atoms with Gasteiger partial charge in [-0.2, -0.15) is 0 Å². The number of amides is 1. The van der Waals surface area contributed by atoms with Crippen LogP contribution in [-0.4, -0.2) is 21.1 Å². The SMILES string of the molecule is CC#CC(=O)Nc1[c-]c2c(Nc3ccc(SC4CCCCCCC4)cc3)ncnc2cc1.[Y]. The molecule has 1 aromatic heterocycles. The van der Waals surface area contributed by atoms with Crippen LogP contribution in [0.2, 0.25) is 0 Å². The number of anilines is 3. The fraction of sp³-hybridized carbons (Fsp3) is 0.346. The number of benzene rings is 2. The molecule has 167 valence electrons. The first-order chi connectivity index (χ1) is 15.7. The zero-order chi connectivity index (χ0) is 22.2. The monoisotopic (exact) mass is 532 g/mol. The first-order valence-electron chi connectivity index (χ1n) is 11.2. The summed E-state index contributed by atoms with van der Waals surface area (Å²) in [7, 11) is 0. The van der Waals surface area contributed by atoms with Crippen molar-refractivity contribution in [3.63, 3.8) is 0 Å². The first-order valence-corrected chi connectivity index (χ1v) is 12.0. The number of hydrogen-bond acceptors (Lipinski definition) is 5. The Kier molecular flexibility index (Phi) is 10.2. The molecule has 0 aliphatic heterocycles. The van der Waals surface area contributed by atoms with Crippen molar-refractivity contribution in [2.75, 3.05) is 10.6 Å². The van der Waals surface area contributed by atoms with Gasteiger partial charge >= 0.3 is 0 Å². The Bertz CT molecular complexity index is 1130. The molecule has 0 spiro atoms. The van der Waals surface area contributed by atoms with Gasteiger partial charge in [-0.15, -0.1) is 30.0 Å². The van der Waals surface area contributed by atoms with Gasteiger partial charge in [-0.05, 0) is 61.2 Å². The summed E-state index contributed by atoms with van der Waals surface area (Å²) in [6.45, 7) is 1.63. The van der Waals surface area contributed by atoms with Crippen LogP contribution in [-0.2, 0) is 37.5 Å². The van der Waals surface area contributed by atoms with Gasteiger partial charge in [0, 0.05) is 48.5 Å². The van der Waals surface area contributed by atoms with Crippen molar-refractivity contribution < 1.29 is 37.5 Å². The summed E-state index contributed by atoms with van der Waals surface area (Å²) in [5, 5.41) is 7.53. The average molecular weight is 533 g/mol. The number of hydrogen-bond donors (Lipinski definition) is 2. The molecule has 2 N–H and O–H groups in total. The summed E-state index contributed by atoms with van der Waals surface area (Å²) in [6.07, 6.45) is 11.0. The quantitative estimate of drug-likeness (QED) is 0.297. The van der Waals surface area contributed by atoms with Crippen molar-refractivity contribution in [1.29, 1.82) is 0 Å². The molecule has 0 saturated heterocycles. The number of aromatic nitrogens is 2. The van der Waals surface area contributed by atoms with Gasteiger partial charge in [0.25, 0.3) is 5.91 Å². The smallest absolute Gasteiger partial charge is 0.298 e. The molecule has 4 rings (SSSR count). The number of rotatable bonds is 5. The molecule has 0 unspecified atom stereocenters. The van der Waals surface area contributed by atoms with E-state index in [1.165, 1.54) is 56.2 Å². The van der Waals surface area contributed by atoms with Crippen LogP contribution in [0.25, 0.3) is 10.9 Å². The molecule has 7 heteroatoms. The largest absolute Gasteiger partial charge is 0.380 e. The third kappa shape index (κ3) is 7.53. The van der Waals surface area contributed by atoms with Crippen LogP contribution in [0.3, 0.4) is 0 Å². The van der Waals surface area contributed by atoms with Crippen LogP contribution in [0.1, 0.15) is 51.9 Å². The van der Waals surface area contributed by atoms with E-state index in [0.29, 0.717) is 16.9 Å². The van der Waals surface area contributed by atoms with E-state index in [2.05, 4.69) is 62.8 Å². The molecule has 1 aliphatic carbocycles. The second kappa shape index (κ2) is 13.1. The number of thioether (sulfide) groups is 1. The van der Waals surface area contributed by atoms with Crippen molar-refractivity contribution >= 4 is 45.8 Å². The Balaban J connectivity index is 0.00000306. The molecule has 0 bridgehead atoms. The van der Waals surface area contributed by atoms with Crippen LogP contribution in [0.5, 0.6) is 0 Å². The van der Waals surface area contributed by atoms with Crippen LogP contribution < -0.4 is 10.6 Å². The Morgan fingerprint density at radius 3 is 2.48 bits per heavy atom. The van der Waals surface area contributed by atoms with Gasteiger partial charge in [-0.25, -0.2) is 0 Å². The van der Waals surface area contributed by atoms with Gasteiger partial charge in [0.15, 0.2) is 0 Å². The van der Waals surface area contributed by atoms with E-state index in [-0.39, 0.29) is 38.6 Å². The van der Waals surface area contributed by atoms with Crippen molar-refractivity contribution in [3.05, 3.63) is 48.8 Å². The second-order valence-electron chi connectivity index (χ2n) is 7.92. The third-order valence-electron chi connectivity index (χ3n) is 5.50. The van der Waals surface area contributed by atoms with Crippen LogP contribution in [0.15, 0.2) is 47.6 Å². The summed E-state index contributed by atoms with van der Waals surface area (Å²) in [5.74, 6) is 5.34. The number of nitrogens with one attached hydrogen (secondary N) is 2. The van der Waals surface area contributed by atoms with Crippen molar-refractivity contribution in [3.8, 4) is 11.8 Å². The van der Waals surface area contributed by atoms with E-state index in [1.807, 2.05) is 17.8 Å². The molecule has 1 aliphatic rings. The van der Waals surface area contributed by atoms with E-state index in [9.17, 15) is 4.79 Å². The molecule has 1 fully saturated rings. The zero-order valence-corrected chi connectivity index (χ0v) is 22.5. The standard InChI is InChI=1S/C26H27N4OS.Y/c1-2-8-25(31)29-20-13-16-24-23(17-20)26(28-18-27-24)30-19-11-14-22(15-12-19)32-21-9-6-4-3-5-7-10-21;/h11-16,18,21H,3-7,9-10H2,1H3,(H,29,31)(H,27,28,30);/q-1;. The number of carbonyl (C=O) groups excluding carboxylic acids is 1. The third-order valence-corrected chi connectivity index (χ3v) is 6.85. The van der Waals surface area contributed by atoms with E-state index in [1.54, 1.807) is 13.0 Å². The minimum absolute atomic E-state index is 0. The summed E-state index contributed by atoms with van der Waals surface area (Å²) >= 11 is 2.01. The minimum Gasteiger partial charge on any atom is -0.380 e. The first kappa shape index (κ1) is 25.7. The number of nitrogens with zero attached hydrogens (tertiary/aromatic N) is 2. The average Bonchev–Trinajstić information content (AvgIpc) is 2.77. The molecular formula is C26H27N4OSY-. The predicted octanol–water partition coefficient (Wildman–Crippen LogP) is 6.34. The Labute approximate surface area is 225 Å². The maximum Gasteiger partial charge on any atom is 0.298 e. The summed E-state index contributed by atoms with van der Waals surface area (Å²) < 4.78 is 0. The van der Waals surface area contributed by atoms with Gasteiger partial charge in [0.1, 0.15) is 0 Å². The maximum absolute atomic E-state index is 11.8. The molecule has 33 heavy (non-hydrogen) atoms. The zero-order valence-electron chi connectivity index (χ0n) is 18.9. The molecule has 3 aromatic rings. The van der Waals surface area contributed by atoms with E-state index >= 15 is 0 Å². The molecule has 1 amide bonds. The van der Waals surface area contributed by atoms with Crippen molar-refractivity contribution in [2.45, 2.75) is 62.0 Å². The molecule has 1 heterocycles. The Morgan fingerprint density at radius 2 is 1.76 bits per heavy atom. The predicted molar refractivity (Wildman–Crippen MR) is 132 cm³/mol. The van der Waals surface area contributed by atoms with Crippen LogP contribution >= 0.6 is 11.8 Å². The number of fused-ring (bicyclic) bond motifs is 1. The Morgan fingerprint density at radius 1 is 1.03 bits per heavy atom. The normalized spacial score (nSPS) is 14.2. The molecular weight excluding hydrogens is 505 g/mol. The summed E-state index contributed by atoms with van der Waals surface area (Å²) in [6, 6.07) is 15.3. The molecule has 5 nitrogen and oxygen atoms in total. The van der Waals surface area contributed by atoms with E-state index < -0.39 is 0 Å². The molecule has 1 saturated carbocycles. The second-order valence-corrected chi connectivity index (χ2v) is 9.29. The van der Waals surface area contributed by atoms with Gasteiger partial charge in [-0.3, -0.25) is 14.8 Å². The topological polar surface area (TPSA) is 66.9 Å². The van der Waals surface area contributed by atoms with Crippen molar-refractivity contribution in [2.24, 2.45) is 0 Å². The van der Waals surface area contributed by atoms with Gasteiger partial charge in [0.05, 0.1) is 12.1 Å². The van der Waals surface area contributed by atoms with E-state index in [4.69, 9.17) is 0 Å². The van der Waals surface area contributed by atoms with Gasteiger partial charge in [0.2, 0.25) is 0 Å². The van der Waals surface area contributed by atoms with Crippen molar-refractivity contribution in [1.82, 2.24) is 9.97 Å². The summed E-state index contributed by atoms with van der Waals surface area (Å²) in [4.78, 5) is 21.8. The summed E-state index contributed by atoms with van der Waals surface area (Å²) in [5.41, 5.74) is 2.24. The molecule has 0 atom stereocenters. The molecule has 2 aromatic carbocycles. The number of carbonyl (C=O) groups is 1. The molecule has 1 radical (unpaired) electrons. The minimum atomic E-state index is -0.369.